The Morgan fingerprint density at radius 3 is 3.11 bits per heavy atom. The molecule has 0 radical (unpaired) electrons. The van der Waals surface area contributed by atoms with Gasteiger partial charge in [-0.15, -0.1) is 0 Å². The van der Waals surface area contributed by atoms with E-state index in [1.165, 1.54) is 19.4 Å². The molecule has 1 N–H and O–H groups in total. The van der Waals surface area contributed by atoms with Crippen molar-refractivity contribution in [2.24, 2.45) is 5.92 Å². The first kappa shape index (κ1) is 12.4. The van der Waals surface area contributed by atoms with Crippen LogP contribution < -0.4 is 10.1 Å². The van der Waals surface area contributed by atoms with Crippen molar-refractivity contribution in [3.63, 3.8) is 0 Å². The molecule has 0 bridgehead atoms. The summed E-state index contributed by atoms with van der Waals surface area (Å²) in [5, 5.41) is 4.58. The van der Waals surface area contributed by atoms with Crippen molar-refractivity contribution < 1.29 is 4.74 Å². The molecule has 1 aliphatic heterocycles. The summed E-state index contributed by atoms with van der Waals surface area (Å²) in [6.07, 6.45) is 5.56. The Balaban J connectivity index is 1.62. The molecule has 0 spiro atoms. The minimum Gasteiger partial charge on any atom is -0.491 e. The average Bonchev–Trinajstić information content (AvgIpc) is 2.49. The van der Waals surface area contributed by atoms with Gasteiger partial charge in [0.1, 0.15) is 11.3 Å². The van der Waals surface area contributed by atoms with Gasteiger partial charge >= 0.3 is 0 Å². The number of hydrogen-bond acceptors (Lipinski definition) is 3. The molecule has 1 aromatic carbocycles. The number of hydrogen-bond donors (Lipinski definition) is 1. The molecular weight excluding hydrogens is 236 g/mol. The van der Waals surface area contributed by atoms with Crippen LogP contribution in [0, 0.1) is 5.92 Å². The third kappa shape index (κ3) is 3.04. The highest BCUT2D eigenvalue weighted by Crippen LogP contribution is 2.23. The van der Waals surface area contributed by atoms with Crippen LogP contribution in [0.25, 0.3) is 10.9 Å². The number of para-hydroxylation sites is 1. The van der Waals surface area contributed by atoms with Crippen LogP contribution in [0.1, 0.15) is 19.3 Å². The maximum absolute atomic E-state index is 5.93. The molecule has 0 aliphatic carbocycles. The van der Waals surface area contributed by atoms with E-state index in [2.05, 4.69) is 22.4 Å². The molecule has 3 rings (SSSR count). The van der Waals surface area contributed by atoms with Gasteiger partial charge in [-0.05, 0) is 50.4 Å². The lowest BCUT2D eigenvalue weighted by Crippen LogP contribution is -2.30. The van der Waals surface area contributed by atoms with Crippen LogP contribution >= 0.6 is 0 Å². The number of benzene rings is 1. The molecule has 1 atom stereocenters. The second-order valence-corrected chi connectivity index (χ2v) is 5.18. The van der Waals surface area contributed by atoms with Crippen molar-refractivity contribution in [2.45, 2.75) is 19.3 Å². The molecule has 0 unspecified atom stereocenters. The molecule has 2 aromatic rings. The van der Waals surface area contributed by atoms with Gasteiger partial charge in [0.15, 0.2) is 0 Å². The molecule has 1 aliphatic rings. The quantitative estimate of drug-likeness (QED) is 0.913. The topological polar surface area (TPSA) is 34.1 Å². The van der Waals surface area contributed by atoms with E-state index in [-0.39, 0.29) is 0 Å². The third-order valence-electron chi connectivity index (χ3n) is 3.78. The maximum atomic E-state index is 5.93. The smallest absolute Gasteiger partial charge is 0.145 e. The first-order valence-electron chi connectivity index (χ1n) is 7.11. The van der Waals surface area contributed by atoms with E-state index in [1.54, 1.807) is 0 Å². The standard InChI is InChI=1S/C16H20N2O/c1-5-14-6-3-10-18-16(14)15(7-1)19-11-8-13-4-2-9-17-12-13/h1,3,5-7,10,13,17H,2,4,8-9,11-12H2/t13-/m0/s1. The van der Waals surface area contributed by atoms with Crippen molar-refractivity contribution in [1.82, 2.24) is 10.3 Å². The summed E-state index contributed by atoms with van der Waals surface area (Å²) in [4.78, 5) is 4.41. The number of ether oxygens (including phenoxy) is 1. The third-order valence-corrected chi connectivity index (χ3v) is 3.78. The van der Waals surface area contributed by atoms with Crippen LogP contribution in [0.15, 0.2) is 36.5 Å². The molecule has 3 nitrogen and oxygen atoms in total. The highest BCUT2D eigenvalue weighted by atomic mass is 16.5. The zero-order chi connectivity index (χ0) is 12.9. The highest BCUT2D eigenvalue weighted by molar-refractivity contribution is 5.84. The molecule has 1 fully saturated rings. The second-order valence-electron chi connectivity index (χ2n) is 5.18. The second kappa shape index (κ2) is 6.02. The Hall–Kier alpha value is -1.61. The predicted molar refractivity (Wildman–Crippen MR) is 77.4 cm³/mol. The van der Waals surface area contributed by atoms with E-state index in [9.17, 15) is 0 Å². The first-order chi connectivity index (χ1) is 9.43. The number of nitrogens with one attached hydrogen (secondary N) is 1. The molecule has 3 heteroatoms. The summed E-state index contributed by atoms with van der Waals surface area (Å²) in [5.41, 5.74) is 0.965. The van der Waals surface area contributed by atoms with Crippen molar-refractivity contribution in [3.05, 3.63) is 36.5 Å². The summed E-state index contributed by atoms with van der Waals surface area (Å²) in [6, 6.07) is 10.1. The van der Waals surface area contributed by atoms with Gasteiger partial charge in [0.2, 0.25) is 0 Å². The lowest BCUT2D eigenvalue weighted by atomic mass is 9.97. The molecule has 1 aromatic heterocycles. The van der Waals surface area contributed by atoms with E-state index in [0.29, 0.717) is 0 Å². The van der Waals surface area contributed by atoms with Gasteiger partial charge < -0.3 is 10.1 Å². The Morgan fingerprint density at radius 2 is 2.21 bits per heavy atom. The number of aromatic nitrogens is 1. The molecule has 1 saturated heterocycles. The van der Waals surface area contributed by atoms with Gasteiger partial charge in [0.25, 0.3) is 0 Å². The Kier molecular flexibility index (Phi) is 3.94. The number of pyridine rings is 1. The van der Waals surface area contributed by atoms with Gasteiger partial charge in [-0.2, -0.15) is 0 Å². The summed E-state index contributed by atoms with van der Waals surface area (Å²) in [5.74, 6) is 1.67. The van der Waals surface area contributed by atoms with Crippen LogP contribution in [0.4, 0.5) is 0 Å². The zero-order valence-electron chi connectivity index (χ0n) is 11.1. The van der Waals surface area contributed by atoms with Crippen LogP contribution in [-0.4, -0.2) is 24.7 Å². The van der Waals surface area contributed by atoms with Crippen LogP contribution in [0.3, 0.4) is 0 Å². The highest BCUT2D eigenvalue weighted by Gasteiger charge is 2.13. The Bertz CT molecular complexity index is 530. The van der Waals surface area contributed by atoms with E-state index in [4.69, 9.17) is 4.74 Å². The summed E-state index contributed by atoms with van der Waals surface area (Å²) < 4.78 is 5.93. The minimum atomic E-state index is 0.761. The van der Waals surface area contributed by atoms with E-state index < -0.39 is 0 Å². The van der Waals surface area contributed by atoms with Gasteiger partial charge in [-0.3, -0.25) is 4.98 Å². The minimum absolute atomic E-state index is 0.761. The van der Waals surface area contributed by atoms with Crippen molar-refractivity contribution in [2.75, 3.05) is 19.7 Å². The van der Waals surface area contributed by atoms with Crippen LogP contribution in [-0.2, 0) is 0 Å². The number of piperidine rings is 1. The summed E-state index contributed by atoms with van der Waals surface area (Å²) in [6.45, 7) is 3.09. The molecule has 19 heavy (non-hydrogen) atoms. The molecule has 2 heterocycles. The van der Waals surface area contributed by atoms with Gasteiger partial charge in [0, 0.05) is 11.6 Å². The number of rotatable bonds is 4. The zero-order valence-corrected chi connectivity index (χ0v) is 11.1. The first-order valence-corrected chi connectivity index (χ1v) is 7.11. The van der Waals surface area contributed by atoms with Crippen LogP contribution in [0.2, 0.25) is 0 Å². The fourth-order valence-corrected chi connectivity index (χ4v) is 2.70. The predicted octanol–water partition coefficient (Wildman–Crippen LogP) is 3.00. The Morgan fingerprint density at radius 1 is 1.26 bits per heavy atom. The summed E-state index contributed by atoms with van der Waals surface area (Å²) >= 11 is 0. The monoisotopic (exact) mass is 256 g/mol. The maximum Gasteiger partial charge on any atom is 0.145 e. The average molecular weight is 256 g/mol. The molecule has 0 saturated carbocycles. The normalized spacial score (nSPS) is 19.5. The Labute approximate surface area is 114 Å². The van der Waals surface area contributed by atoms with E-state index in [1.807, 2.05) is 24.4 Å². The van der Waals surface area contributed by atoms with E-state index in [0.717, 1.165) is 42.1 Å². The van der Waals surface area contributed by atoms with Crippen molar-refractivity contribution in [1.29, 1.82) is 0 Å². The van der Waals surface area contributed by atoms with Crippen molar-refractivity contribution in [3.8, 4) is 5.75 Å². The van der Waals surface area contributed by atoms with E-state index >= 15 is 0 Å². The fourth-order valence-electron chi connectivity index (χ4n) is 2.70. The number of nitrogens with zero attached hydrogens (tertiary/aromatic N) is 1. The lowest BCUT2D eigenvalue weighted by molar-refractivity contribution is 0.256. The molecule has 0 amide bonds. The molecular formula is C16H20N2O. The largest absolute Gasteiger partial charge is 0.491 e. The lowest BCUT2D eigenvalue weighted by Gasteiger charge is -2.22. The molecule has 100 valence electrons. The van der Waals surface area contributed by atoms with Gasteiger partial charge in [0.05, 0.1) is 6.61 Å². The fraction of sp³-hybridized carbons (Fsp3) is 0.438. The van der Waals surface area contributed by atoms with Gasteiger partial charge in [-0.25, -0.2) is 0 Å². The van der Waals surface area contributed by atoms with Gasteiger partial charge in [-0.1, -0.05) is 18.2 Å². The summed E-state index contributed by atoms with van der Waals surface area (Å²) in [7, 11) is 0. The number of fused-ring (bicyclic) bond motifs is 1. The van der Waals surface area contributed by atoms with Crippen molar-refractivity contribution >= 4 is 10.9 Å². The SMILES string of the molecule is c1cnc2c(OCC[C@@H]3CCCNC3)cccc2c1. The van der Waals surface area contributed by atoms with Crippen LogP contribution in [0.5, 0.6) is 5.75 Å².